The molecule has 1 rings (SSSR count). The minimum absolute atomic E-state index is 0.0730. The molecule has 1 aliphatic carbocycles. The van der Waals surface area contributed by atoms with E-state index in [0.717, 1.165) is 13.1 Å². The maximum absolute atomic E-state index is 11.9. The Morgan fingerprint density at radius 1 is 1.31 bits per heavy atom. The Morgan fingerprint density at radius 3 is 2.50 bits per heavy atom. The average Bonchev–Trinajstić information content (AvgIpc) is 2.79. The summed E-state index contributed by atoms with van der Waals surface area (Å²) < 4.78 is 0. The van der Waals surface area contributed by atoms with Gasteiger partial charge in [-0.15, -0.1) is 0 Å². The Labute approximate surface area is 99.4 Å². The van der Waals surface area contributed by atoms with Crippen LogP contribution in [0.2, 0.25) is 0 Å². The highest BCUT2D eigenvalue weighted by Gasteiger charge is 2.24. The van der Waals surface area contributed by atoms with E-state index in [-0.39, 0.29) is 11.8 Å². The SMILES string of the molecule is CCNCC(C)C(=O)N[C@H](C)C1CCCC1. The van der Waals surface area contributed by atoms with Crippen molar-refractivity contribution in [2.45, 2.75) is 52.5 Å². The van der Waals surface area contributed by atoms with Crippen molar-refractivity contribution in [3.05, 3.63) is 0 Å². The molecule has 1 fully saturated rings. The van der Waals surface area contributed by atoms with Gasteiger partial charge in [-0.25, -0.2) is 0 Å². The van der Waals surface area contributed by atoms with Crippen LogP contribution in [-0.4, -0.2) is 25.0 Å². The van der Waals surface area contributed by atoms with Crippen molar-refractivity contribution in [2.24, 2.45) is 11.8 Å². The van der Waals surface area contributed by atoms with E-state index in [4.69, 9.17) is 0 Å². The van der Waals surface area contributed by atoms with E-state index in [2.05, 4.69) is 24.5 Å². The first kappa shape index (κ1) is 13.5. The van der Waals surface area contributed by atoms with Crippen molar-refractivity contribution < 1.29 is 4.79 Å². The summed E-state index contributed by atoms with van der Waals surface area (Å²) in [6.45, 7) is 7.90. The minimum Gasteiger partial charge on any atom is -0.353 e. The lowest BCUT2D eigenvalue weighted by Gasteiger charge is -2.22. The van der Waals surface area contributed by atoms with Crippen LogP contribution >= 0.6 is 0 Å². The molecule has 0 aromatic rings. The first-order valence-corrected chi connectivity index (χ1v) is 6.66. The van der Waals surface area contributed by atoms with Gasteiger partial charge in [0.2, 0.25) is 5.91 Å². The van der Waals surface area contributed by atoms with Gasteiger partial charge in [-0.05, 0) is 32.2 Å². The topological polar surface area (TPSA) is 41.1 Å². The third kappa shape index (κ3) is 4.12. The normalized spacial score (nSPS) is 20.7. The highest BCUT2D eigenvalue weighted by molar-refractivity contribution is 5.78. The van der Waals surface area contributed by atoms with Crippen LogP contribution in [0.4, 0.5) is 0 Å². The smallest absolute Gasteiger partial charge is 0.224 e. The minimum atomic E-state index is 0.0730. The molecule has 94 valence electrons. The maximum Gasteiger partial charge on any atom is 0.224 e. The van der Waals surface area contributed by atoms with Crippen molar-refractivity contribution in [3.63, 3.8) is 0 Å². The monoisotopic (exact) mass is 226 g/mol. The number of carbonyl (C=O) groups is 1. The fraction of sp³-hybridized carbons (Fsp3) is 0.923. The molecule has 0 heterocycles. The van der Waals surface area contributed by atoms with Crippen molar-refractivity contribution in [3.8, 4) is 0 Å². The number of hydrogen-bond donors (Lipinski definition) is 2. The van der Waals surface area contributed by atoms with Crippen LogP contribution in [0.25, 0.3) is 0 Å². The Hall–Kier alpha value is -0.570. The van der Waals surface area contributed by atoms with Crippen molar-refractivity contribution >= 4 is 5.91 Å². The second-order valence-electron chi connectivity index (χ2n) is 5.05. The van der Waals surface area contributed by atoms with Gasteiger partial charge in [0.05, 0.1) is 0 Å². The summed E-state index contributed by atoms with van der Waals surface area (Å²) in [5.41, 5.74) is 0. The fourth-order valence-electron chi connectivity index (χ4n) is 2.40. The lowest BCUT2D eigenvalue weighted by molar-refractivity contribution is -0.125. The van der Waals surface area contributed by atoms with E-state index in [1.54, 1.807) is 0 Å². The summed E-state index contributed by atoms with van der Waals surface area (Å²) in [6, 6.07) is 0.346. The molecule has 0 aromatic carbocycles. The molecule has 0 bridgehead atoms. The molecule has 3 nitrogen and oxygen atoms in total. The van der Waals surface area contributed by atoms with Gasteiger partial charge in [-0.3, -0.25) is 4.79 Å². The molecule has 0 aromatic heterocycles. The van der Waals surface area contributed by atoms with Gasteiger partial charge in [0.1, 0.15) is 0 Å². The van der Waals surface area contributed by atoms with Gasteiger partial charge in [0.25, 0.3) is 0 Å². The Balaban J connectivity index is 2.26. The third-order valence-electron chi connectivity index (χ3n) is 3.62. The van der Waals surface area contributed by atoms with Crippen molar-refractivity contribution in [2.75, 3.05) is 13.1 Å². The molecule has 0 saturated heterocycles. The molecule has 1 saturated carbocycles. The Kier molecular flexibility index (Phi) is 5.81. The van der Waals surface area contributed by atoms with E-state index >= 15 is 0 Å². The second kappa shape index (κ2) is 6.89. The largest absolute Gasteiger partial charge is 0.353 e. The fourth-order valence-corrected chi connectivity index (χ4v) is 2.40. The summed E-state index contributed by atoms with van der Waals surface area (Å²) in [7, 11) is 0. The number of hydrogen-bond acceptors (Lipinski definition) is 2. The molecule has 0 spiro atoms. The second-order valence-corrected chi connectivity index (χ2v) is 5.05. The highest BCUT2D eigenvalue weighted by Crippen LogP contribution is 2.27. The number of amides is 1. The van der Waals surface area contributed by atoms with Crippen LogP contribution in [0, 0.1) is 11.8 Å². The van der Waals surface area contributed by atoms with E-state index < -0.39 is 0 Å². The number of rotatable bonds is 6. The van der Waals surface area contributed by atoms with Gasteiger partial charge in [-0.2, -0.15) is 0 Å². The average molecular weight is 226 g/mol. The first-order chi connectivity index (χ1) is 7.65. The zero-order valence-corrected chi connectivity index (χ0v) is 10.9. The summed E-state index contributed by atoms with van der Waals surface area (Å²) in [6.07, 6.45) is 5.22. The Morgan fingerprint density at radius 2 is 1.94 bits per heavy atom. The van der Waals surface area contributed by atoms with E-state index in [0.29, 0.717) is 12.0 Å². The highest BCUT2D eigenvalue weighted by atomic mass is 16.1. The first-order valence-electron chi connectivity index (χ1n) is 6.66. The summed E-state index contributed by atoms with van der Waals surface area (Å²) >= 11 is 0. The molecule has 1 aliphatic rings. The van der Waals surface area contributed by atoms with E-state index in [9.17, 15) is 4.79 Å². The maximum atomic E-state index is 11.9. The number of nitrogens with one attached hydrogen (secondary N) is 2. The predicted octanol–water partition coefficient (Wildman–Crippen LogP) is 1.93. The zero-order chi connectivity index (χ0) is 12.0. The molecule has 16 heavy (non-hydrogen) atoms. The molecule has 2 N–H and O–H groups in total. The van der Waals surface area contributed by atoms with Crippen LogP contribution in [0.15, 0.2) is 0 Å². The predicted molar refractivity (Wildman–Crippen MR) is 67.3 cm³/mol. The van der Waals surface area contributed by atoms with E-state index in [1.807, 2.05) is 6.92 Å². The summed E-state index contributed by atoms with van der Waals surface area (Å²) in [4.78, 5) is 11.9. The molecule has 0 radical (unpaired) electrons. The molecule has 1 unspecified atom stereocenters. The van der Waals surface area contributed by atoms with E-state index in [1.165, 1.54) is 25.7 Å². The van der Waals surface area contributed by atoms with Gasteiger partial charge >= 0.3 is 0 Å². The molecule has 0 aliphatic heterocycles. The van der Waals surface area contributed by atoms with Gasteiger partial charge in [-0.1, -0.05) is 26.7 Å². The van der Waals surface area contributed by atoms with Gasteiger partial charge < -0.3 is 10.6 Å². The molecular weight excluding hydrogens is 200 g/mol. The molecule has 1 amide bonds. The molecular formula is C13H26N2O. The lowest BCUT2D eigenvalue weighted by atomic mass is 9.99. The third-order valence-corrected chi connectivity index (χ3v) is 3.62. The molecule has 3 heteroatoms. The van der Waals surface area contributed by atoms with Crippen LogP contribution in [0.5, 0.6) is 0 Å². The quantitative estimate of drug-likeness (QED) is 0.726. The zero-order valence-electron chi connectivity index (χ0n) is 10.9. The van der Waals surface area contributed by atoms with Crippen LogP contribution in [0.3, 0.4) is 0 Å². The van der Waals surface area contributed by atoms with Gasteiger partial charge in [0, 0.05) is 18.5 Å². The molecule has 2 atom stereocenters. The summed E-state index contributed by atoms with van der Waals surface area (Å²) in [5.74, 6) is 0.972. The number of carbonyl (C=O) groups excluding carboxylic acids is 1. The van der Waals surface area contributed by atoms with Crippen LogP contribution < -0.4 is 10.6 Å². The van der Waals surface area contributed by atoms with Crippen LogP contribution in [-0.2, 0) is 4.79 Å². The Bertz CT molecular complexity index is 212. The van der Waals surface area contributed by atoms with Gasteiger partial charge in [0.15, 0.2) is 0 Å². The standard InChI is InChI=1S/C13H26N2O/c1-4-14-9-10(2)13(16)15-11(3)12-7-5-6-8-12/h10-12,14H,4-9H2,1-3H3,(H,15,16)/t10?,11-/m1/s1. The van der Waals surface area contributed by atoms with Crippen molar-refractivity contribution in [1.82, 2.24) is 10.6 Å². The lowest BCUT2D eigenvalue weighted by Crippen LogP contribution is -2.42. The van der Waals surface area contributed by atoms with Crippen LogP contribution in [0.1, 0.15) is 46.5 Å². The summed E-state index contributed by atoms with van der Waals surface area (Å²) in [5, 5.41) is 6.36. The van der Waals surface area contributed by atoms with Crippen molar-refractivity contribution in [1.29, 1.82) is 0 Å².